The quantitative estimate of drug-likeness (QED) is 0.449. The summed E-state index contributed by atoms with van der Waals surface area (Å²) in [6.07, 6.45) is 0.809. The van der Waals surface area contributed by atoms with E-state index in [-0.39, 0.29) is 25.0 Å². The van der Waals surface area contributed by atoms with E-state index in [9.17, 15) is 9.59 Å². The molecule has 0 radical (unpaired) electrons. The maximum absolute atomic E-state index is 13.2. The summed E-state index contributed by atoms with van der Waals surface area (Å²) >= 11 is 12.2. The summed E-state index contributed by atoms with van der Waals surface area (Å²) in [5, 5.41) is 5.63. The van der Waals surface area contributed by atoms with Gasteiger partial charge >= 0.3 is 0 Å². The molecule has 1 atom stereocenters. The van der Waals surface area contributed by atoms with Crippen molar-refractivity contribution in [2.75, 3.05) is 13.2 Å². The largest absolute Gasteiger partial charge is 0.483 e. The first-order valence-electron chi connectivity index (χ1n) is 10.5. The van der Waals surface area contributed by atoms with Crippen molar-refractivity contribution < 1.29 is 14.3 Å². The Morgan fingerprint density at radius 3 is 2.53 bits per heavy atom. The van der Waals surface area contributed by atoms with Gasteiger partial charge in [-0.1, -0.05) is 72.6 Å². The normalized spacial score (nSPS) is 11.8. The standard InChI is InChI=1S/C25H26Cl2N2O3/c1-3-13-28-25(31)17(2)29(15-18-11-12-21(26)22(27)14-18)24(30)16-32-23-10-6-8-19-7-4-5-9-20(19)23/h4-12,14,17H,3,13,15-16H2,1-2H3,(H,28,31)/t17-/m1/s1. The van der Waals surface area contributed by atoms with Crippen molar-refractivity contribution in [3.63, 3.8) is 0 Å². The van der Waals surface area contributed by atoms with E-state index in [0.29, 0.717) is 22.3 Å². The molecule has 0 aliphatic carbocycles. The fourth-order valence-corrected chi connectivity index (χ4v) is 3.68. The van der Waals surface area contributed by atoms with Gasteiger partial charge in [-0.3, -0.25) is 9.59 Å². The third-order valence-corrected chi connectivity index (χ3v) is 5.89. The van der Waals surface area contributed by atoms with E-state index in [0.717, 1.165) is 22.8 Å². The van der Waals surface area contributed by atoms with E-state index < -0.39 is 6.04 Å². The molecule has 0 fully saturated rings. The first-order chi connectivity index (χ1) is 15.4. The van der Waals surface area contributed by atoms with Gasteiger partial charge in [0.05, 0.1) is 10.0 Å². The van der Waals surface area contributed by atoms with Crippen molar-refractivity contribution >= 4 is 45.8 Å². The Hall–Kier alpha value is -2.76. The number of fused-ring (bicyclic) bond motifs is 1. The van der Waals surface area contributed by atoms with Gasteiger partial charge in [0, 0.05) is 18.5 Å². The van der Waals surface area contributed by atoms with Crippen molar-refractivity contribution in [3.05, 3.63) is 76.3 Å². The van der Waals surface area contributed by atoms with Gasteiger partial charge in [-0.2, -0.15) is 0 Å². The number of carbonyl (C=O) groups is 2. The lowest BCUT2D eigenvalue weighted by atomic mass is 10.1. The van der Waals surface area contributed by atoms with E-state index in [2.05, 4.69) is 5.32 Å². The average Bonchev–Trinajstić information content (AvgIpc) is 2.81. The molecule has 5 nitrogen and oxygen atoms in total. The first kappa shape index (κ1) is 23.9. The molecule has 2 amide bonds. The number of hydrogen-bond acceptors (Lipinski definition) is 3. The van der Waals surface area contributed by atoms with Gasteiger partial charge < -0.3 is 15.0 Å². The lowest BCUT2D eigenvalue weighted by molar-refractivity contribution is -0.142. The second-order valence-corrected chi connectivity index (χ2v) is 8.32. The van der Waals surface area contributed by atoms with E-state index in [1.54, 1.807) is 25.1 Å². The summed E-state index contributed by atoms with van der Waals surface area (Å²) in [4.78, 5) is 27.3. The van der Waals surface area contributed by atoms with Crippen LogP contribution >= 0.6 is 23.2 Å². The second-order valence-electron chi connectivity index (χ2n) is 7.50. The molecule has 7 heteroatoms. The maximum Gasteiger partial charge on any atom is 0.261 e. The monoisotopic (exact) mass is 472 g/mol. The molecule has 32 heavy (non-hydrogen) atoms. The predicted octanol–water partition coefficient (Wildman–Crippen LogP) is 5.47. The van der Waals surface area contributed by atoms with Crippen LogP contribution in [0.2, 0.25) is 10.0 Å². The summed E-state index contributed by atoms with van der Waals surface area (Å²) in [6, 6.07) is 18.0. The van der Waals surface area contributed by atoms with E-state index in [1.807, 2.05) is 49.4 Å². The minimum Gasteiger partial charge on any atom is -0.483 e. The lowest BCUT2D eigenvalue weighted by Crippen LogP contribution is -2.49. The maximum atomic E-state index is 13.2. The zero-order chi connectivity index (χ0) is 23.1. The van der Waals surface area contributed by atoms with Crippen molar-refractivity contribution in [1.82, 2.24) is 10.2 Å². The molecule has 0 saturated heterocycles. The second kappa shape index (κ2) is 11.2. The number of halogens is 2. The summed E-state index contributed by atoms with van der Waals surface area (Å²) < 4.78 is 5.88. The van der Waals surface area contributed by atoms with Gasteiger partial charge in [-0.15, -0.1) is 0 Å². The number of nitrogens with one attached hydrogen (secondary N) is 1. The van der Waals surface area contributed by atoms with Crippen LogP contribution < -0.4 is 10.1 Å². The highest BCUT2D eigenvalue weighted by Crippen LogP contribution is 2.26. The van der Waals surface area contributed by atoms with Crippen LogP contribution in [0, 0.1) is 0 Å². The Labute approximate surface area is 198 Å². The number of rotatable bonds is 9. The van der Waals surface area contributed by atoms with E-state index >= 15 is 0 Å². The minimum atomic E-state index is -0.681. The fraction of sp³-hybridized carbons (Fsp3) is 0.280. The summed E-state index contributed by atoms with van der Waals surface area (Å²) in [5.41, 5.74) is 0.771. The number of benzene rings is 3. The number of carbonyl (C=O) groups excluding carboxylic acids is 2. The summed E-state index contributed by atoms with van der Waals surface area (Å²) in [6.45, 7) is 4.24. The fourth-order valence-electron chi connectivity index (χ4n) is 3.36. The van der Waals surface area contributed by atoms with Gasteiger partial charge in [-0.25, -0.2) is 0 Å². The van der Waals surface area contributed by atoms with Crippen molar-refractivity contribution in [2.45, 2.75) is 32.9 Å². The van der Waals surface area contributed by atoms with Crippen LogP contribution in [-0.4, -0.2) is 35.9 Å². The number of nitrogens with zero attached hydrogens (tertiary/aromatic N) is 1. The molecular formula is C25H26Cl2N2O3. The zero-order valence-electron chi connectivity index (χ0n) is 18.1. The zero-order valence-corrected chi connectivity index (χ0v) is 19.6. The molecule has 0 unspecified atom stereocenters. The smallest absolute Gasteiger partial charge is 0.261 e. The van der Waals surface area contributed by atoms with E-state index in [4.69, 9.17) is 27.9 Å². The molecule has 3 rings (SSSR count). The number of hydrogen-bond donors (Lipinski definition) is 1. The average molecular weight is 473 g/mol. The van der Waals surface area contributed by atoms with Gasteiger partial charge in [-0.05, 0) is 42.5 Å². The molecule has 168 valence electrons. The van der Waals surface area contributed by atoms with Gasteiger partial charge in [0.1, 0.15) is 11.8 Å². The molecule has 1 N–H and O–H groups in total. The lowest BCUT2D eigenvalue weighted by Gasteiger charge is -2.29. The molecule has 3 aromatic rings. The Bertz CT molecular complexity index is 1100. The molecule has 0 aliphatic rings. The highest BCUT2D eigenvalue weighted by Gasteiger charge is 2.26. The Morgan fingerprint density at radius 1 is 1.03 bits per heavy atom. The van der Waals surface area contributed by atoms with Crippen LogP contribution in [0.5, 0.6) is 5.75 Å². The van der Waals surface area contributed by atoms with Gasteiger partial charge in [0.15, 0.2) is 6.61 Å². The van der Waals surface area contributed by atoms with Crippen LogP contribution in [0.1, 0.15) is 25.8 Å². The van der Waals surface area contributed by atoms with Crippen LogP contribution in [0.25, 0.3) is 10.8 Å². The minimum absolute atomic E-state index is 0.194. The van der Waals surface area contributed by atoms with E-state index in [1.165, 1.54) is 4.90 Å². The predicted molar refractivity (Wildman–Crippen MR) is 129 cm³/mol. The first-order valence-corrected chi connectivity index (χ1v) is 11.3. The topological polar surface area (TPSA) is 58.6 Å². The molecule has 0 bridgehead atoms. The van der Waals surface area contributed by atoms with Crippen molar-refractivity contribution in [1.29, 1.82) is 0 Å². The molecule has 0 aromatic heterocycles. The Morgan fingerprint density at radius 2 is 1.78 bits per heavy atom. The van der Waals surface area contributed by atoms with Crippen LogP contribution in [0.3, 0.4) is 0 Å². The summed E-state index contributed by atoms with van der Waals surface area (Å²) in [7, 11) is 0. The number of amides is 2. The van der Waals surface area contributed by atoms with Crippen molar-refractivity contribution in [2.24, 2.45) is 0 Å². The van der Waals surface area contributed by atoms with Gasteiger partial charge in [0.2, 0.25) is 5.91 Å². The third-order valence-electron chi connectivity index (χ3n) is 5.15. The molecule has 0 saturated carbocycles. The molecule has 0 spiro atoms. The van der Waals surface area contributed by atoms with Crippen LogP contribution in [0.4, 0.5) is 0 Å². The third kappa shape index (κ3) is 5.93. The van der Waals surface area contributed by atoms with Gasteiger partial charge in [0.25, 0.3) is 5.91 Å². The molecule has 3 aromatic carbocycles. The molecular weight excluding hydrogens is 447 g/mol. The van der Waals surface area contributed by atoms with Crippen molar-refractivity contribution in [3.8, 4) is 5.75 Å². The van der Waals surface area contributed by atoms with Crippen LogP contribution in [-0.2, 0) is 16.1 Å². The Balaban J connectivity index is 1.79. The molecule has 0 heterocycles. The summed E-state index contributed by atoms with van der Waals surface area (Å²) in [5.74, 6) is 0.0996. The molecule has 0 aliphatic heterocycles. The highest BCUT2D eigenvalue weighted by atomic mass is 35.5. The number of ether oxygens (including phenoxy) is 1. The SMILES string of the molecule is CCCNC(=O)[C@@H](C)N(Cc1ccc(Cl)c(Cl)c1)C(=O)COc1cccc2ccccc12. The Kier molecular flexibility index (Phi) is 8.37. The van der Waals surface area contributed by atoms with Crippen LogP contribution in [0.15, 0.2) is 60.7 Å². The highest BCUT2D eigenvalue weighted by molar-refractivity contribution is 6.42.